The Morgan fingerprint density at radius 1 is 1.35 bits per heavy atom. The molecule has 0 amide bonds. The molecule has 0 bridgehead atoms. The van der Waals surface area contributed by atoms with Gasteiger partial charge in [-0.15, -0.1) is 0 Å². The van der Waals surface area contributed by atoms with Crippen LogP contribution in [0.3, 0.4) is 0 Å². The maximum atomic E-state index is 11.3. The zero-order chi connectivity index (χ0) is 15.1. The largest absolute Gasteiger partial charge is 0.378 e. The van der Waals surface area contributed by atoms with Gasteiger partial charge in [0.1, 0.15) is 5.69 Å². The monoisotopic (exact) mass is 338 g/mol. The van der Waals surface area contributed by atoms with E-state index in [1.165, 1.54) is 4.68 Å². The molecule has 6 nitrogen and oxygen atoms in total. The lowest BCUT2D eigenvalue weighted by molar-refractivity contribution is -0.385. The van der Waals surface area contributed by atoms with Gasteiger partial charge in [0, 0.05) is 9.89 Å². The van der Waals surface area contributed by atoms with Crippen molar-refractivity contribution in [3.8, 4) is 5.69 Å². The highest BCUT2D eigenvalue weighted by atomic mass is 79.9. The van der Waals surface area contributed by atoms with Gasteiger partial charge in [-0.2, -0.15) is 5.10 Å². The van der Waals surface area contributed by atoms with Gasteiger partial charge in [-0.25, -0.2) is 4.68 Å². The molecule has 0 radical (unpaired) electrons. The summed E-state index contributed by atoms with van der Waals surface area (Å²) < 4.78 is 2.17. The summed E-state index contributed by atoms with van der Waals surface area (Å²) in [5.41, 5.74) is 6.38. The van der Waals surface area contributed by atoms with Gasteiger partial charge in [-0.3, -0.25) is 10.1 Å². The van der Waals surface area contributed by atoms with Crippen molar-refractivity contribution in [2.75, 3.05) is 5.73 Å². The third-order valence-corrected chi connectivity index (χ3v) is 3.54. The van der Waals surface area contributed by atoms with E-state index in [0.717, 1.165) is 4.47 Å². The van der Waals surface area contributed by atoms with Gasteiger partial charge in [-0.1, -0.05) is 32.9 Å². The van der Waals surface area contributed by atoms with Gasteiger partial charge in [0.25, 0.3) is 0 Å². The minimum absolute atomic E-state index is 0.0341. The Labute approximate surface area is 124 Å². The Morgan fingerprint density at radius 2 is 1.95 bits per heavy atom. The lowest BCUT2D eigenvalue weighted by atomic mass is 9.91. The molecule has 1 aromatic heterocycles. The number of hydrogen-bond acceptors (Lipinski definition) is 4. The number of benzene rings is 1. The molecular weight excluding hydrogens is 324 g/mol. The number of nitrogens with zero attached hydrogens (tertiary/aromatic N) is 3. The van der Waals surface area contributed by atoms with E-state index in [1.54, 1.807) is 6.07 Å². The second-order valence-corrected chi connectivity index (χ2v) is 6.31. The first-order valence-electron chi connectivity index (χ1n) is 6.01. The van der Waals surface area contributed by atoms with Crippen molar-refractivity contribution in [1.29, 1.82) is 0 Å². The fraction of sp³-hybridized carbons (Fsp3) is 0.308. The average molecular weight is 339 g/mol. The Kier molecular flexibility index (Phi) is 3.56. The van der Waals surface area contributed by atoms with Gasteiger partial charge in [0.05, 0.1) is 10.6 Å². The number of nitrogen functional groups attached to an aromatic ring is 1. The molecule has 20 heavy (non-hydrogen) atoms. The molecule has 0 saturated carbocycles. The van der Waals surface area contributed by atoms with E-state index in [9.17, 15) is 10.1 Å². The lowest BCUT2D eigenvalue weighted by Crippen LogP contribution is -2.14. The van der Waals surface area contributed by atoms with Crippen LogP contribution in [0.1, 0.15) is 26.5 Å². The summed E-state index contributed by atoms with van der Waals surface area (Å²) in [5.74, 6) is 0.0341. The Balaban J connectivity index is 2.75. The van der Waals surface area contributed by atoms with Crippen molar-refractivity contribution in [3.63, 3.8) is 0 Å². The fourth-order valence-electron chi connectivity index (χ4n) is 1.92. The van der Waals surface area contributed by atoms with E-state index in [-0.39, 0.29) is 11.5 Å². The van der Waals surface area contributed by atoms with E-state index in [1.807, 2.05) is 39.0 Å². The number of nitrogens with two attached hydrogens (primary N) is 1. The zero-order valence-electron chi connectivity index (χ0n) is 11.4. The molecule has 0 aliphatic carbocycles. The number of halogens is 1. The smallest absolute Gasteiger partial charge is 0.334 e. The molecule has 106 valence electrons. The SMILES string of the molecule is CC(C)(C)c1nn(-c2ccccc2Br)c(N)c1[N+](=O)[O-]. The third-order valence-electron chi connectivity index (χ3n) is 2.87. The number of rotatable bonds is 2. The number of nitro groups is 1. The minimum Gasteiger partial charge on any atom is -0.378 e. The van der Waals surface area contributed by atoms with Crippen molar-refractivity contribution in [2.24, 2.45) is 0 Å². The highest BCUT2D eigenvalue weighted by Gasteiger charge is 2.34. The maximum absolute atomic E-state index is 11.3. The van der Waals surface area contributed by atoms with Crippen LogP contribution < -0.4 is 5.73 Å². The zero-order valence-corrected chi connectivity index (χ0v) is 13.0. The summed E-state index contributed by atoms with van der Waals surface area (Å²) in [7, 11) is 0. The molecule has 0 aliphatic heterocycles. The van der Waals surface area contributed by atoms with Gasteiger partial charge in [0.2, 0.25) is 5.82 Å². The van der Waals surface area contributed by atoms with Gasteiger partial charge in [-0.05, 0) is 28.1 Å². The van der Waals surface area contributed by atoms with E-state index in [2.05, 4.69) is 21.0 Å². The van der Waals surface area contributed by atoms with Crippen LogP contribution in [0.15, 0.2) is 28.7 Å². The topological polar surface area (TPSA) is 87.0 Å². The van der Waals surface area contributed by atoms with Gasteiger partial charge < -0.3 is 5.73 Å². The number of anilines is 1. The third kappa shape index (κ3) is 2.40. The van der Waals surface area contributed by atoms with Crippen LogP contribution >= 0.6 is 15.9 Å². The molecule has 2 N–H and O–H groups in total. The van der Waals surface area contributed by atoms with E-state index >= 15 is 0 Å². The molecular formula is C13H15BrN4O2. The highest BCUT2D eigenvalue weighted by Crippen LogP contribution is 2.37. The molecule has 0 spiro atoms. The van der Waals surface area contributed by atoms with Crippen molar-refractivity contribution in [2.45, 2.75) is 26.2 Å². The predicted octanol–water partition coefficient (Wildman–Crippen LogP) is 3.42. The van der Waals surface area contributed by atoms with Crippen molar-refractivity contribution < 1.29 is 4.92 Å². The lowest BCUT2D eigenvalue weighted by Gasteiger charge is -2.13. The molecule has 1 aromatic carbocycles. The number of hydrogen-bond donors (Lipinski definition) is 1. The molecule has 0 fully saturated rings. The number of aromatic nitrogens is 2. The molecule has 0 atom stereocenters. The average Bonchev–Trinajstić information content (AvgIpc) is 2.67. The highest BCUT2D eigenvalue weighted by molar-refractivity contribution is 9.10. The van der Waals surface area contributed by atoms with E-state index in [4.69, 9.17) is 5.73 Å². The van der Waals surface area contributed by atoms with Crippen molar-refractivity contribution in [3.05, 3.63) is 44.5 Å². The molecule has 2 aromatic rings. The Bertz CT molecular complexity index is 673. The summed E-state index contributed by atoms with van der Waals surface area (Å²) in [5, 5.41) is 15.6. The molecule has 2 rings (SSSR count). The summed E-state index contributed by atoms with van der Waals surface area (Å²) >= 11 is 3.40. The first-order chi connectivity index (χ1) is 9.23. The van der Waals surface area contributed by atoms with Crippen LogP contribution in [-0.4, -0.2) is 14.7 Å². The van der Waals surface area contributed by atoms with Crippen LogP contribution in [0.2, 0.25) is 0 Å². The Morgan fingerprint density at radius 3 is 2.40 bits per heavy atom. The van der Waals surface area contributed by atoms with Crippen LogP contribution in [0, 0.1) is 10.1 Å². The normalized spacial score (nSPS) is 11.6. The number of para-hydroxylation sites is 1. The van der Waals surface area contributed by atoms with Gasteiger partial charge in [0.15, 0.2) is 0 Å². The quantitative estimate of drug-likeness (QED) is 0.671. The fourth-order valence-corrected chi connectivity index (χ4v) is 2.37. The Hall–Kier alpha value is -1.89. The van der Waals surface area contributed by atoms with Crippen LogP contribution in [0.4, 0.5) is 11.5 Å². The van der Waals surface area contributed by atoms with Crippen molar-refractivity contribution >= 4 is 27.4 Å². The summed E-state index contributed by atoms with van der Waals surface area (Å²) in [4.78, 5) is 10.8. The molecule has 0 aliphatic rings. The van der Waals surface area contributed by atoms with Gasteiger partial charge >= 0.3 is 5.69 Å². The predicted molar refractivity (Wildman–Crippen MR) is 81.0 cm³/mol. The second-order valence-electron chi connectivity index (χ2n) is 5.45. The van der Waals surface area contributed by atoms with Crippen LogP contribution in [0.5, 0.6) is 0 Å². The molecule has 7 heteroatoms. The van der Waals surface area contributed by atoms with Crippen LogP contribution in [-0.2, 0) is 5.41 Å². The molecule has 0 saturated heterocycles. The standard InChI is InChI=1S/C13H15BrN4O2/c1-13(2,3)11-10(18(19)20)12(15)17(16-11)9-7-5-4-6-8(9)14/h4-7H,15H2,1-3H3. The van der Waals surface area contributed by atoms with Crippen molar-refractivity contribution in [1.82, 2.24) is 9.78 Å². The van der Waals surface area contributed by atoms with E-state index in [0.29, 0.717) is 11.4 Å². The summed E-state index contributed by atoms with van der Waals surface area (Å²) in [6, 6.07) is 7.30. The van der Waals surface area contributed by atoms with E-state index < -0.39 is 10.3 Å². The first-order valence-corrected chi connectivity index (χ1v) is 6.81. The molecule has 0 unspecified atom stereocenters. The van der Waals surface area contributed by atoms with Crippen LogP contribution in [0.25, 0.3) is 5.69 Å². The maximum Gasteiger partial charge on any atom is 0.334 e. The second kappa shape index (κ2) is 4.90. The summed E-state index contributed by atoms with van der Waals surface area (Å²) in [6.45, 7) is 5.60. The first kappa shape index (κ1) is 14.5. The minimum atomic E-state index is -0.476. The molecule has 1 heterocycles. The summed E-state index contributed by atoms with van der Waals surface area (Å²) in [6.07, 6.45) is 0.